The lowest BCUT2D eigenvalue weighted by molar-refractivity contribution is -0.384. The summed E-state index contributed by atoms with van der Waals surface area (Å²) in [6, 6.07) is 14.2. The summed E-state index contributed by atoms with van der Waals surface area (Å²) in [5.74, 6) is 0.0943. The number of pyridine rings is 1. The highest BCUT2D eigenvalue weighted by Crippen LogP contribution is 2.26. The lowest BCUT2D eigenvalue weighted by Crippen LogP contribution is -2.48. The number of piperazine rings is 1. The average molecular weight is 406 g/mol. The molecule has 1 fully saturated rings. The molecule has 30 heavy (non-hydrogen) atoms. The van der Waals surface area contributed by atoms with Crippen LogP contribution in [0.2, 0.25) is 0 Å². The minimum atomic E-state index is -0.508. The summed E-state index contributed by atoms with van der Waals surface area (Å²) in [6.45, 7) is 3.28. The number of carbonyl (C=O) groups excluding carboxylic acids is 1. The number of aromatic nitrogens is 1. The quantitative estimate of drug-likeness (QED) is 0.478. The second-order valence-corrected chi connectivity index (χ2v) is 7.20. The zero-order valence-corrected chi connectivity index (χ0v) is 16.7. The smallest absolute Gasteiger partial charge is 0.270 e. The van der Waals surface area contributed by atoms with E-state index in [1.165, 1.54) is 25.3 Å². The van der Waals surface area contributed by atoms with Crippen molar-refractivity contribution in [1.82, 2.24) is 14.8 Å². The molecule has 4 rings (SSSR count). The fourth-order valence-corrected chi connectivity index (χ4v) is 3.79. The number of carbonyl (C=O) groups is 1. The Labute approximate surface area is 173 Å². The molecule has 0 unspecified atom stereocenters. The van der Waals surface area contributed by atoms with E-state index in [-0.39, 0.29) is 17.2 Å². The number of nitrogens with zero attached hydrogens (tertiary/aromatic N) is 4. The standard InChI is InChI=1S/C22H22N4O4/c1-30-20-8-7-18(26(28)29)14-19(20)22(27)25-12-10-24(11-13-25)15-17-5-2-4-16-6-3-9-23-21(16)17/h2-9,14H,10-13,15H2,1H3. The van der Waals surface area contributed by atoms with E-state index in [1.54, 1.807) is 11.1 Å². The first-order chi connectivity index (χ1) is 14.6. The molecule has 1 aliphatic heterocycles. The van der Waals surface area contributed by atoms with Crippen molar-refractivity contribution in [3.63, 3.8) is 0 Å². The van der Waals surface area contributed by atoms with Crippen molar-refractivity contribution in [2.75, 3.05) is 33.3 Å². The molecule has 0 N–H and O–H groups in total. The number of hydrogen-bond acceptors (Lipinski definition) is 6. The predicted octanol–water partition coefficient (Wildman–Crippen LogP) is 3.11. The summed E-state index contributed by atoms with van der Waals surface area (Å²) < 4.78 is 5.25. The number of benzene rings is 2. The van der Waals surface area contributed by atoms with Crippen molar-refractivity contribution in [2.24, 2.45) is 0 Å². The Hall–Kier alpha value is -3.52. The molecular formula is C22H22N4O4. The Balaban J connectivity index is 1.45. The number of nitro groups is 1. The fraction of sp³-hybridized carbons (Fsp3) is 0.273. The first-order valence-corrected chi connectivity index (χ1v) is 9.73. The third kappa shape index (κ3) is 3.95. The van der Waals surface area contributed by atoms with Gasteiger partial charge in [0.2, 0.25) is 0 Å². The molecule has 1 aromatic heterocycles. The topological polar surface area (TPSA) is 88.8 Å². The second-order valence-electron chi connectivity index (χ2n) is 7.20. The van der Waals surface area contributed by atoms with Crippen LogP contribution < -0.4 is 4.74 Å². The molecule has 2 heterocycles. The van der Waals surface area contributed by atoms with Crippen LogP contribution in [0, 0.1) is 10.1 Å². The molecule has 0 bridgehead atoms. The lowest BCUT2D eigenvalue weighted by atomic mass is 10.1. The maximum absolute atomic E-state index is 13.0. The molecule has 3 aromatic rings. The Morgan fingerprint density at radius 2 is 1.90 bits per heavy atom. The van der Waals surface area contributed by atoms with Gasteiger partial charge < -0.3 is 9.64 Å². The number of methoxy groups -OCH3 is 1. The third-order valence-corrected chi connectivity index (χ3v) is 5.39. The van der Waals surface area contributed by atoms with Gasteiger partial charge in [-0.25, -0.2) is 0 Å². The minimum Gasteiger partial charge on any atom is -0.496 e. The van der Waals surface area contributed by atoms with E-state index in [2.05, 4.69) is 28.1 Å². The second kappa shape index (κ2) is 8.46. The predicted molar refractivity (Wildman–Crippen MR) is 113 cm³/mol. The van der Waals surface area contributed by atoms with Crippen LogP contribution in [0.1, 0.15) is 15.9 Å². The van der Waals surface area contributed by atoms with Gasteiger partial charge in [0, 0.05) is 56.4 Å². The van der Waals surface area contributed by atoms with Crippen molar-refractivity contribution in [2.45, 2.75) is 6.54 Å². The molecule has 1 saturated heterocycles. The van der Waals surface area contributed by atoms with E-state index in [0.717, 1.165) is 23.0 Å². The molecule has 8 nitrogen and oxygen atoms in total. The van der Waals surface area contributed by atoms with Crippen molar-refractivity contribution in [3.05, 3.63) is 76.0 Å². The Kier molecular flexibility index (Phi) is 5.58. The van der Waals surface area contributed by atoms with Crippen LogP contribution in [0.25, 0.3) is 10.9 Å². The average Bonchev–Trinajstić information content (AvgIpc) is 2.79. The third-order valence-electron chi connectivity index (χ3n) is 5.39. The van der Waals surface area contributed by atoms with Gasteiger partial charge in [-0.1, -0.05) is 24.3 Å². The molecule has 1 aliphatic rings. The summed E-state index contributed by atoms with van der Waals surface area (Å²) in [6.07, 6.45) is 1.80. The highest BCUT2D eigenvalue weighted by atomic mass is 16.6. The number of non-ortho nitro benzene ring substituents is 1. The molecule has 1 amide bonds. The molecule has 154 valence electrons. The lowest BCUT2D eigenvalue weighted by Gasteiger charge is -2.35. The van der Waals surface area contributed by atoms with Crippen LogP contribution in [-0.4, -0.2) is 58.9 Å². The summed E-state index contributed by atoms with van der Waals surface area (Å²) in [4.78, 5) is 32.1. The Morgan fingerprint density at radius 1 is 1.13 bits per heavy atom. The SMILES string of the molecule is COc1ccc([N+](=O)[O-])cc1C(=O)N1CCN(Cc2cccc3cccnc23)CC1. The molecule has 2 aromatic carbocycles. The van der Waals surface area contributed by atoms with Gasteiger partial charge in [0.05, 0.1) is 23.1 Å². The van der Waals surface area contributed by atoms with E-state index in [4.69, 9.17) is 4.74 Å². The minimum absolute atomic E-state index is 0.124. The molecule has 0 spiro atoms. The number of fused-ring (bicyclic) bond motifs is 1. The van der Waals surface area contributed by atoms with Crippen molar-refractivity contribution in [1.29, 1.82) is 0 Å². The van der Waals surface area contributed by atoms with Crippen LogP contribution in [0.5, 0.6) is 5.75 Å². The maximum atomic E-state index is 13.0. The van der Waals surface area contributed by atoms with Crippen LogP contribution in [0.4, 0.5) is 5.69 Å². The maximum Gasteiger partial charge on any atom is 0.270 e. The van der Waals surface area contributed by atoms with E-state index in [9.17, 15) is 14.9 Å². The number of amides is 1. The first kappa shape index (κ1) is 19.8. The number of nitro benzene ring substituents is 1. The van der Waals surface area contributed by atoms with Crippen LogP contribution in [-0.2, 0) is 6.54 Å². The van der Waals surface area contributed by atoms with Gasteiger partial charge in [0.15, 0.2) is 0 Å². The number of hydrogen-bond donors (Lipinski definition) is 0. The van der Waals surface area contributed by atoms with Gasteiger partial charge >= 0.3 is 0 Å². The summed E-state index contributed by atoms with van der Waals surface area (Å²) in [7, 11) is 1.45. The van der Waals surface area contributed by atoms with E-state index < -0.39 is 4.92 Å². The monoisotopic (exact) mass is 406 g/mol. The molecule has 0 saturated carbocycles. The van der Waals surface area contributed by atoms with Crippen LogP contribution in [0.15, 0.2) is 54.7 Å². The largest absolute Gasteiger partial charge is 0.496 e. The Bertz CT molecular complexity index is 1090. The van der Waals surface area contributed by atoms with Gasteiger partial charge in [-0.2, -0.15) is 0 Å². The fourth-order valence-electron chi connectivity index (χ4n) is 3.79. The molecule has 0 aliphatic carbocycles. The van der Waals surface area contributed by atoms with Crippen molar-refractivity contribution >= 4 is 22.5 Å². The van der Waals surface area contributed by atoms with Gasteiger partial charge in [-0.05, 0) is 17.7 Å². The summed E-state index contributed by atoms with van der Waals surface area (Å²) in [5.41, 5.74) is 2.26. The van der Waals surface area contributed by atoms with Gasteiger partial charge in [0.1, 0.15) is 5.75 Å². The highest BCUT2D eigenvalue weighted by molar-refractivity contribution is 5.97. The van der Waals surface area contributed by atoms with Crippen LogP contribution >= 0.6 is 0 Å². The molecular weight excluding hydrogens is 384 g/mol. The summed E-state index contributed by atoms with van der Waals surface area (Å²) in [5, 5.41) is 12.2. The van der Waals surface area contributed by atoms with Crippen LogP contribution in [0.3, 0.4) is 0 Å². The highest BCUT2D eigenvalue weighted by Gasteiger charge is 2.26. The van der Waals surface area contributed by atoms with Crippen molar-refractivity contribution < 1.29 is 14.5 Å². The summed E-state index contributed by atoms with van der Waals surface area (Å²) >= 11 is 0. The Morgan fingerprint density at radius 3 is 2.63 bits per heavy atom. The van der Waals surface area contributed by atoms with Gasteiger partial charge in [0.25, 0.3) is 11.6 Å². The van der Waals surface area contributed by atoms with E-state index in [0.29, 0.717) is 31.9 Å². The van der Waals surface area contributed by atoms with E-state index >= 15 is 0 Å². The number of ether oxygens (including phenoxy) is 1. The number of para-hydroxylation sites is 1. The van der Waals surface area contributed by atoms with E-state index in [1.807, 2.05) is 12.1 Å². The zero-order chi connectivity index (χ0) is 21.1. The molecule has 0 atom stereocenters. The molecule has 8 heteroatoms. The van der Waals surface area contributed by atoms with Crippen molar-refractivity contribution in [3.8, 4) is 5.75 Å². The van der Waals surface area contributed by atoms with Gasteiger partial charge in [-0.15, -0.1) is 0 Å². The molecule has 0 radical (unpaired) electrons. The number of rotatable bonds is 5. The zero-order valence-electron chi connectivity index (χ0n) is 16.7. The van der Waals surface area contributed by atoms with Gasteiger partial charge in [-0.3, -0.25) is 24.8 Å². The first-order valence-electron chi connectivity index (χ1n) is 9.73. The normalized spacial score (nSPS) is 14.6.